The van der Waals surface area contributed by atoms with E-state index in [1.165, 1.54) is 19.3 Å². The first-order valence-electron chi connectivity index (χ1n) is 11.6. The van der Waals surface area contributed by atoms with Crippen LogP contribution in [0.15, 0.2) is 29.6 Å². The summed E-state index contributed by atoms with van der Waals surface area (Å²) in [5, 5.41) is 8.07. The lowest BCUT2D eigenvalue weighted by atomic mass is 9.88. The van der Waals surface area contributed by atoms with Crippen LogP contribution >= 0.6 is 11.8 Å². The lowest BCUT2D eigenvalue weighted by Gasteiger charge is -2.21. The van der Waals surface area contributed by atoms with E-state index in [0.29, 0.717) is 24.6 Å². The van der Waals surface area contributed by atoms with Crippen molar-refractivity contribution in [1.82, 2.24) is 34.1 Å². The molecule has 3 aromatic rings. The smallest absolute Gasteiger partial charge is 0.350 e. The number of hydrogen-bond acceptors (Lipinski definition) is 7. The van der Waals surface area contributed by atoms with Crippen molar-refractivity contribution in [1.29, 1.82) is 0 Å². The first-order valence-corrected chi connectivity index (χ1v) is 12.6. The van der Waals surface area contributed by atoms with Crippen LogP contribution in [0.25, 0.3) is 0 Å². The molecule has 1 saturated carbocycles. The first kappa shape index (κ1) is 21.8. The zero-order valence-corrected chi connectivity index (χ0v) is 19.4. The van der Waals surface area contributed by atoms with E-state index in [4.69, 9.17) is 10.7 Å². The number of aromatic nitrogens is 7. The predicted octanol–water partition coefficient (Wildman–Crippen LogP) is 2.79. The minimum absolute atomic E-state index is 0.122. The summed E-state index contributed by atoms with van der Waals surface area (Å²) in [5.41, 5.74) is 7.28. The summed E-state index contributed by atoms with van der Waals surface area (Å²) in [6.07, 6.45) is 15.5. The van der Waals surface area contributed by atoms with E-state index in [1.54, 1.807) is 33.4 Å². The zero-order valence-electron chi connectivity index (χ0n) is 18.6. The Hall–Kier alpha value is -3.06. The number of anilines is 1. The molecule has 0 spiro atoms. The number of hydrogen-bond donors (Lipinski definition) is 1. The molecule has 0 amide bonds. The van der Waals surface area contributed by atoms with Gasteiger partial charge in [0.25, 0.3) is 0 Å². The molecular weight excluding hydrogens is 436 g/mol. The Morgan fingerprint density at radius 2 is 2.00 bits per heavy atom. The highest BCUT2D eigenvalue weighted by molar-refractivity contribution is 7.99. The van der Waals surface area contributed by atoms with Crippen LogP contribution in [0, 0.1) is 11.8 Å². The largest absolute Gasteiger partial charge is 0.382 e. The topological polar surface area (TPSA) is 109 Å². The summed E-state index contributed by atoms with van der Waals surface area (Å²) >= 11 is 1.78. The van der Waals surface area contributed by atoms with E-state index in [1.807, 2.05) is 6.20 Å². The predicted molar refractivity (Wildman–Crippen MR) is 128 cm³/mol. The van der Waals surface area contributed by atoms with Gasteiger partial charge in [0.1, 0.15) is 11.6 Å². The number of nitrogen functional groups attached to an aromatic ring is 1. The summed E-state index contributed by atoms with van der Waals surface area (Å²) in [4.78, 5) is 21.3. The lowest BCUT2D eigenvalue weighted by molar-refractivity contribution is 0.419. The van der Waals surface area contributed by atoms with Gasteiger partial charge in [0.15, 0.2) is 0 Å². The van der Waals surface area contributed by atoms with Gasteiger partial charge in [-0.05, 0) is 31.4 Å². The molecule has 0 aromatic carbocycles. The van der Waals surface area contributed by atoms with Gasteiger partial charge in [-0.2, -0.15) is 4.98 Å². The summed E-state index contributed by atoms with van der Waals surface area (Å²) in [7, 11) is 0. The van der Waals surface area contributed by atoms with Crippen molar-refractivity contribution < 1.29 is 0 Å². The molecular formula is C23H28N8OS. The molecule has 10 heteroatoms. The number of imidazole rings is 1. The second-order valence-electron chi connectivity index (χ2n) is 8.65. The van der Waals surface area contributed by atoms with Crippen LogP contribution in [0.2, 0.25) is 0 Å². The molecule has 3 aromatic heterocycles. The molecule has 1 unspecified atom stereocenters. The summed E-state index contributed by atoms with van der Waals surface area (Å²) in [5.74, 6) is 9.20. The van der Waals surface area contributed by atoms with Crippen molar-refractivity contribution in [2.75, 3.05) is 11.5 Å². The molecule has 1 saturated heterocycles. The van der Waals surface area contributed by atoms with Gasteiger partial charge >= 0.3 is 5.69 Å². The molecule has 1 aliphatic carbocycles. The van der Waals surface area contributed by atoms with Gasteiger partial charge in [0, 0.05) is 24.5 Å². The zero-order chi connectivity index (χ0) is 22.6. The van der Waals surface area contributed by atoms with Crippen LogP contribution < -0.4 is 11.4 Å². The molecule has 4 heterocycles. The molecule has 2 aliphatic rings. The van der Waals surface area contributed by atoms with Crippen molar-refractivity contribution in [3.8, 4) is 11.8 Å². The van der Waals surface area contributed by atoms with Gasteiger partial charge < -0.3 is 10.3 Å². The van der Waals surface area contributed by atoms with Gasteiger partial charge in [-0.15, -0.1) is 16.9 Å². The second-order valence-corrected chi connectivity index (χ2v) is 9.94. The Kier molecular flexibility index (Phi) is 6.48. The number of thioether (sulfide) groups is 1. The van der Waals surface area contributed by atoms with Crippen LogP contribution in [-0.4, -0.2) is 39.8 Å². The maximum Gasteiger partial charge on any atom is 0.350 e. The quantitative estimate of drug-likeness (QED) is 0.578. The molecule has 172 valence electrons. The summed E-state index contributed by atoms with van der Waals surface area (Å²) in [6, 6.07) is 0. The maximum atomic E-state index is 12.3. The molecule has 2 fully saturated rings. The number of rotatable bonds is 5. The molecule has 2 N–H and O–H groups in total. The molecule has 0 bridgehead atoms. The minimum Gasteiger partial charge on any atom is -0.382 e. The maximum absolute atomic E-state index is 12.3. The van der Waals surface area contributed by atoms with Gasteiger partial charge in [0.05, 0.1) is 35.9 Å². The van der Waals surface area contributed by atoms with Crippen LogP contribution in [0.5, 0.6) is 0 Å². The fraction of sp³-hybridized carbons (Fsp3) is 0.522. The second kappa shape index (κ2) is 9.83. The van der Waals surface area contributed by atoms with E-state index in [2.05, 4.69) is 37.9 Å². The highest BCUT2D eigenvalue weighted by Crippen LogP contribution is 2.34. The number of nitrogens with zero attached hydrogens (tertiary/aromatic N) is 7. The van der Waals surface area contributed by atoms with Crippen molar-refractivity contribution in [2.45, 2.75) is 69.3 Å². The summed E-state index contributed by atoms with van der Waals surface area (Å²) in [6.45, 7) is 1.09. The third-order valence-electron chi connectivity index (χ3n) is 6.29. The van der Waals surface area contributed by atoms with Crippen LogP contribution in [0.3, 0.4) is 0 Å². The summed E-state index contributed by atoms with van der Waals surface area (Å²) < 4.78 is 5.61. The van der Waals surface area contributed by atoms with Crippen LogP contribution in [-0.2, 0) is 13.1 Å². The Balaban J connectivity index is 1.39. The highest BCUT2D eigenvalue weighted by atomic mass is 32.2. The standard InChI is InChI=1S/C23H28N8OS/c24-21-18(14-31(23(32)27-21)20-9-5-13-33-20)8-4-11-29-15-19(16-30-12-10-25-28-30)26-22(29)17-6-2-1-3-7-17/h10,12,14-15,17,20H,1-3,5-7,9,11,13,16H2,(H2,24,27,32). The number of nitrogens with two attached hydrogens (primary N) is 1. The monoisotopic (exact) mass is 464 g/mol. The van der Waals surface area contributed by atoms with E-state index < -0.39 is 0 Å². The van der Waals surface area contributed by atoms with Crippen molar-refractivity contribution in [2.24, 2.45) is 0 Å². The van der Waals surface area contributed by atoms with Gasteiger partial charge in [-0.25, -0.2) is 14.5 Å². The molecule has 5 rings (SSSR count). The molecule has 1 atom stereocenters. The average Bonchev–Trinajstić information content (AvgIpc) is 3.59. The minimum atomic E-state index is -0.301. The average molecular weight is 465 g/mol. The van der Waals surface area contributed by atoms with Gasteiger partial charge in [-0.1, -0.05) is 36.3 Å². The van der Waals surface area contributed by atoms with E-state index >= 15 is 0 Å². The van der Waals surface area contributed by atoms with E-state index in [-0.39, 0.29) is 16.9 Å². The fourth-order valence-corrected chi connectivity index (χ4v) is 5.89. The highest BCUT2D eigenvalue weighted by Gasteiger charge is 2.22. The third-order valence-corrected chi connectivity index (χ3v) is 7.66. The van der Waals surface area contributed by atoms with Crippen molar-refractivity contribution in [3.05, 3.63) is 52.4 Å². The normalized spacial score (nSPS) is 18.8. The van der Waals surface area contributed by atoms with Gasteiger partial charge in [0.2, 0.25) is 0 Å². The molecule has 0 radical (unpaired) electrons. The first-order chi connectivity index (χ1) is 16.2. The molecule has 1 aliphatic heterocycles. The Bertz CT molecular complexity index is 1210. The van der Waals surface area contributed by atoms with Crippen LogP contribution in [0.1, 0.15) is 73.3 Å². The van der Waals surface area contributed by atoms with Gasteiger partial charge in [-0.3, -0.25) is 4.57 Å². The third kappa shape index (κ3) is 4.98. The fourth-order valence-electron chi connectivity index (χ4n) is 4.64. The van der Waals surface area contributed by atoms with Crippen LogP contribution in [0.4, 0.5) is 5.82 Å². The Labute approximate surface area is 196 Å². The van der Waals surface area contributed by atoms with E-state index in [0.717, 1.165) is 43.0 Å². The van der Waals surface area contributed by atoms with Crippen molar-refractivity contribution >= 4 is 17.6 Å². The Morgan fingerprint density at radius 3 is 2.76 bits per heavy atom. The Morgan fingerprint density at radius 1 is 1.12 bits per heavy atom. The van der Waals surface area contributed by atoms with E-state index in [9.17, 15) is 4.79 Å². The SMILES string of the molecule is Nc1nc(=O)n(C2CCCS2)cc1C#CCn1cc(Cn2ccnn2)nc1C1CCCCC1. The van der Waals surface area contributed by atoms with Crippen molar-refractivity contribution in [3.63, 3.8) is 0 Å². The molecule has 33 heavy (non-hydrogen) atoms. The lowest BCUT2D eigenvalue weighted by Crippen LogP contribution is -2.26. The molecule has 9 nitrogen and oxygen atoms in total.